The van der Waals surface area contributed by atoms with Crippen molar-refractivity contribution in [3.05, 3.63) is 0 Å². The van der Waals surface area contributed by atoms with Crippen LogP contribution >= 0.6 is 0 Å². The van der Waals surface area contributed by atoms with Crippen molar-refractivity contribution in [2.75, 3.05) is 0 Å². The Hall–Kier alpha value is -0.0203. The molecule has 0 unspecified atom stereocenters. The molecule has 11 heteroatoms. The topological polar surface area (TPSA) is 86.6 Å². The molecule has 0 amide bonds. The fourth-order valence-electron chi connectivity index (χ4n) is 0.620. The van der Waals surface area contributed by atoms with E-state index in [0.29, 0.717) is 0 Å². The van der Waals surface area contributed by atoms with Gasteiger partial charge in [-0.15, -0.1) is 0 Å². The normalized spacial score (nSPS) is 23.5. The molecule has 0 saturated carbocycles. The lowest BCUT2D eigenvalue weighted by molar-refractivity contribution is 0.0834. The molecule has 2 heterocycles. The third-order valence-electron chi connectivity index (χ3n) is 1.13. The van der Waals surface area contributed by atoms with Crippen molar-refractivity contribution in [1.82, 2.24) is 0 Å². The van der Waals surface area contributed by atoms with Crippen LogP contribution in [0.5, 0.6) is 0 Å². The molecule has 2 fully saturated rings. The lowest BCUT2D eigenvalue weighted by Crippen LogP contribution is -2.59. The van der Waals surface area contributed by atoms with E-state index in [-0.39, 0.29) is 0 Å². The highest BCUT2D eigenvalue weighted by Crippen LogP contribution is 2.14. The van der Waals surface area contributed by atoms with Gasteiger partial charge in [-0.3, -0.25) is 0 Å². The summed E-state index contributed by atoms with van der Waals surface area (Å²) < 4.78 is 22.5. The Balaban J connectivity index is 1.61. The average molecular weight is 157 g/mol. The highest BCUT2D eigenvalue weighted by atomic mass is 16.9. The molecule has 0 atom stereocenters. The predicted molar refractivity (Wildman–Crippen MR) is 32.9 cm³/mol. The van der Waals surface area contributed by atoms with Crippen LogP contribution in [0, 0.1) is 0 Å². The maximum Gasteiger partial charge on any atom is 0.612 e. The van der Waals surface area contributed by atoms with Crippen molar-refractivity contribution >= 4 is 29.3 Å². The zero-order valence-electron chi connectivity index (χ0n) is 5.25. The molecule has 0 bridgehead atoms. The Morgan fingerprint density at radius 3 is 1.45 bits per heavy atom. The van der Waals surface area contributed by atoms with Crippen molar-refractivity contribution < 1.29 is 32.9 Å². The van der Waals surface area contributed by atoms with E-state index in [2.05, 4.69) is 22.9 Å². The Morgan fingerprint density at radius 1 is 0.818 bits per heavy atom. The van der Waals surface area contributed by atoms with Crippen LogP contribution in [0.3, 0.4) is 0 Å². The first-order valence-corrected chi connectivity index (χ1v) is 2.87. The SMILES string of the molecule is OB1OB(OB2OB(O)O2)O1. The van der Waals surface area contributed by atoms with Gasteiger partial charge in [0.2, 0.25) is 0 Å². The molecule has 11 heavy (non-hydrogen) atoms. The number of hydrogen-bond donors (Lipinski definition) is 2. The number of rotatable bonds is 2. The van der Waals surface area contributed by atoms with Crippen molar-refractivity contribution in [2.45, 2.75) is 0 Å². The third-order valence-corrected chi connectivity index (χ3v) is 1.13. The average Bonchev–Trinajstić information content (AvgIpc) is 1.81. The second-order valence-electron chi connectivity index (χ2n) is 1.87. The van der Waals surface area contributed by atoms with E-state index in [4.69, 9.17) is 10.0 Å². The van der Waals surface area contributed by atoms with Gasteiger partial charge in [-0.2, -0.15) is 0 Å². The van der Waals surface area contributed by atoms with Crippen molar-refractivity contribution in [3.8, 4) is 0 Å². The van der Waals surface area contributed by atoms with Gasteiger partial charge in [0.05, 0.1) is 0 Å². The quantitative estimate of drug-likeness (QED) is 0.414. The molecule has 0 aromatic heterocycles. The molecule has 7 nitrogen and oxygen atoms in total. The molecule has 0 spiro atoms. The maximum absolute atomic E-state index is 8.42. The third kappa shape index (κ3) is 1.59. The van der Waals surface area contributed by atoms with Gasteiger partial charge < -0.3 is 32.9 Å². The summed E-state index contributed by atoms with van der Waals surface area (Å²) in [7, 11) is -4.46. The summed E-state index contributed by atoms with van der Waals surface area (Å²) in [4.78, 5) is 0. The van der Waals surface area contributed by atoms with E-state index in [1.807, 2.05) is 0 Å². The lowest BCUT2D eigenvalue weighted by atomic mass is 9.90. The molecule has 2 N–H and O–H groups in total. The standard InChI is InChI=1S/B4H2O7/c5-1-7-3(8-1)11-4-9-2(6)10-4/h5-6H. The summed E-state index contributed by atoms with van der Waals surface area (Å²) in [6, 6.07) is 0. The Labute approximate surface area is 63.2 Å². The van der Waals surface area contributed by atoms with Crippen molar-refractivity contribution in [3.63, 3.8) is 0 Å². The Bertz CT molecular complexity index is 121. The zero-order chi connectivity index (χ0) is 7.84. The van der Waals surface area contributed by atoms with E-state index >= 15 is 0 Å². The highest BCUT2D eigenvalue weighted by molar-refractivity contribution is 6.74. The van der Waals surface area contributed by atoms with Gasteiger partial charge in [-0.05, 0) is 0 Å². The van der Waals surface area contributed by atoms with E-state index < -0.39 is 29.3 Å². The minimum absolute atomic E-state index is 0.984. The molecular formula is H2B4O7. The van der Waals surface area contributed by atoms with Crippen LogP contribution in [0.15, 0.2) is 0 Å². The Kier molecular flexibility index (Phi) is 1.93. The molecular weight excluding hydrogens is 155 g/mol. The monoisotopic (exact) mass is 158 g/mol. The first kappa shape index (κ1) is 7.62. The molecule has 2 aliphatic heterocycles. The van der Waals surface area contributed by atoms with Crippen LogP contribution in [0.4, 0.5) is 0 Å². The summed E-state index contributed by atoms with van der Waals surface area (Å²) in [6.07, 6.45) is 0. The molecule has 56 valence electrons. The van der Waals surface area contributed by atoms with Crippen molar-refractivity contribution in [2.24, 2.45) is 0 Å². The second kappa shape index (κ2) is 2.79. The van der Waals surface area contributed by atoms with E-state index in [9.17, 15) is 0 Å². The minimum Gasteiger partial charge on any atom is -0.403 e. The van der Waals surface area contributed by atoms with E-state index in [1.54, 1.807) is 0 Å². The van der Waals surface area contributed by atoms with Gasteiger partial charge in [0.15, 0.2) is 0 Å². The Morgan fingerprint density at radius 2 is 1.18 bits per heavy atom. The van der Waals surface area contributed by atoms with Gasteiger partial charge in [0, 0.05) is 0 Å². The summed E-state index contributed by atoms with van der Waals surface area (Å²) in [5.41, 5.74) is 0. The second-order valence-corrected chi connectivity index (χ2v) is 1.87. The summed E-state index contributed by atoms with van der Waals surface area (Å²) in [5.74, 6) is 0. The van der Waals surface area contributed by atoms with Gasteiger partial charge in [0.25, 0.3) is 0 Å². The fourth-order valence-corrected chi connectivity index (χ4v) is 0.620. The van der Waals surface area contributed by atoms with Crippen LogP contribution in [0.2, 0.25) is 0 Å². The first-order chi connectivity index (χ1) is 5.24. The highest BCUT2D eigenvalue weighted by Gasteiger charge is 2.52. The smallest absolute Gasteiger partial charge is 0.403 e. The van der Waals surface area contributed by atoms with E-state index in [1.165, 1.54) is 0 Å². The minimum atomic E-state index is -1.25. The fraction of sp³-hybridized carbons (Fsp3) is 0. The molecule has 0 aliphatic carbocycles. The van der Waals surface area contributed by atoms with Gasteiger partial charge in [0.1, 0.15) is 0 Å². The molecule has 2 saturated heterocycles. The van der Waals surface area contributed by atoms with Gasteiger partial charge in [-0.25, -0.2) is 0 Å². The van der Waals surface area contributed by atoms with Gasteiger partial charge in [-0.1, -0.05) is 0 Å². The summed E-state index contributed by atoms with van der Waals surface area (Å²) in [6.45, 7) is 0. The molecule has 0 aromatic carbocycles. The molecule has 2 aliphatic rings. The summed E-state index contributed by atoms with van der Waals surface area (Å²) in [5, 5.41) is 16.8. The largest absolute Gasteiger partial charge is 0.612 e. The van der Waals surface area contributed by atoms with Crippen LogP contribution in [0.25, 0.3) is 0 Å². The predicted octanol–water partition coefficient (Wildman–Crippen LogP) is -2.98. The van der Waals surface area contributed by atoms with Crippen LogP contribution < -0.4 is 0 Å². The van der Waals surface area contributed by atoms with Gasteiger partial charge >= 0.3 is 29.3 Å². The first-order valence-electron chi connectivity index (χ1n) is 2.87. The van der Waals surface area contributed by atoms with Crippen LogP contribution in [0.1, 0.15) is 0 Å². The molecule has 0 aromatic rings. The summed E-state index contributed by atoms with van der Waals surface area (Å²) >= 11 is 0. The molecule has 0 radical (unpaired) electrons. The van der Waals surface area contributed by atoms with Crippen LogP contribution in [-0.2, 0) is 22.9 Å². The zero-order valence-corrected chi connectivity index (χ0v) is 5.25. The maximum atomic E-state index is 8.42. The lowest BCUT2D eigenvalue weighted by Gasteiger charge is -2.31. The van der Waals surface area contributed by atoms with Crippen molar-refractivity contribution in [1.29, 1.82) is 0 Å². The van der Waals surface area contributed by atoms with Crippen LogP contribution in [-0.4, -0.2) is 39.3 Å². The number of hydrogen-bond acceptors (Lipinski definition) is 7. The molecule has 2 rings (SSSR count). The van der Waals surface area contributed by atoms with E-state index in [0.717, 1.165) is 0 Å².